The fourth-order valence-electron chi connectivity index (χ4n) is 4.45. The number of aliphatic hydroxyl groups is 1. The molecule has 3 heterocycles. The molecule has 0 saturated carbocycles. The number of carbonyl (C=O) groups is 2. The maximum Gasteiger partial charge on any atom is 0.253 e. The quantitative estimate of drug-likeness (QED) is 0.435. The van der Waals surface area contributed by atoms with Crippen molar-refractivity contribution in [1.29, 1.82) is 0 Å². The van der Waals surface area contributed by atoms with Crippen LogP contribution in [-0.2, 0) is 16.8 Å². The van der Waals surface area contributed by atoms with Gasteiger partial charge in [0, 0.05) is 20.1 Å². The summed E-state index contributed by atoms with van der Waals surface area (Å²) in [6.45, 7) is 4.94. The van der Waals surface area contributed by atoms with E-state index >= 15 is 0 Å². The summed E-state index contributed by atoms with van der Waals surface area (Å²) < 4.78 is 0. The number of anilines is 2. The van der Waals surface area contributed by atoms with Crippen molar-refractivity contribution in [3.63, 3.8) is 0 Å². The number of halogens is 1. The van der Waals surface area contributed by atoms with E-state index in [4.69, 9.17) is 11.6 Å². The van der Waals surface area contributed by atoms with Gasteiger partial charge in [-0.25, -0.2) is 4.98 Å². The minimum atomic E-state index is -0.851. The first-order chi connectivity index (χ1) is 16.8. The first-order valence-electron chi connectivity index (χ1n) is 11.4. The first kappa shape index (κ1) is 24.6. The van der Waals surface area contributed by atoms with Crippen molar-refractivity contribution in [1.82, 2.24) is 15.3 Å². The van der Waals surface area contributed by atoms with Crippen LogP contribution in [0.15, 0.2) is 54.9 Å². The third kappa shape index (κ3) is 4.72. The normalized spacial score (nSPS) is 14.4. The molecule has 9 heteroatoms. The molecular weight excluding hydrogens is 466 g/mol. The van der Waals surface area contributed by atoms with E-state index < -0.39 is 5.41 Å². The lowest BCUT2D eigenvalue weighted by atomic mass is 9.69. The molecule has 0 atom stereocenters. The number of hydrogen-bond donors (Lipinski definition) is 3. The summed E-state index contributed by atoms with van der Waals surface area (Å²) in [5.41, 5.74) is 3.19. The van der Waals surface area contributed by atoms with Gasteiger partial charge >= 0.3 is 0 Å². The fourth-order valence-corrected chi connectivity index (χ4v) is 4.61. The maximum atomic E-state index is 13.9. The van der Waals surface area contributed by atoms with Gasteiger partial charge in [0.15, 0.2) is 0 Å². The number of benzene rings is 1. The summed E-state index contributed by atoms with van der Waals surface area (Å²) in [5, 5.41) is 15.0. The number of pyridine rings is 2. The van der Waals surface area contributed by atoms with Gasteiger partial charge in [-0.05, 0) is 35.2 Å². The Bertz CT molecular complexity index is 1240. The Labute approximate surface area is 209 Å². The molecular formula is C26H28ClN5O3. The number of aliphatic hydroxyl groups excluding tert-OH is 1. The van der Waals surface area contributed by atoms with Crippen molar-refractivity contribution in [3.05, 3.63) is 82.4 Å². The van der Waals surface area contributed by atoms with Gasteiger partial charge in [0.25, 0.3) is 5.91 Å². The van der Waals surface area contributed by atoms with E-state index in [9.17, 15) is 14.7 Å². The zero-order valence-electron chi connectivity index (χ0n) is 19.9. The van der Waals surface area contributed by atoms with E-state index in [0.29, 0.717) is 24.5 Å². The molecule has 1 aromatic carbocycles. The van der Waals surface area contributed by atoms with Crippen LogP contribution in [-0.4, -0.2) is 47.0 Å². The van der Waals surface area contributed by atoms with Gasteiger partial charge in [0.1, 0.15) is 10.6 Å². The van der Waals surface area contributed by atoms with Gasteiger partial charge in [-0.3, -0.25) is 14.6 Å². The molecule has 1 aliphatic rings. The molecule has 0 radical (unpaired) electrons. The van der Waals surface area contributed by atoms with Crippen molar-refractivity contribution >= 4 is 34.8 Å². The molecule has 0 bridgehead atoms. The van der Waals surface area contributed by atoms with Crippen LogP contribution in [0.2, 0.25) is 5.15 Å². The smallest absolute Gasteiger partial charge is 0.253 e. The van der Waals surface area contributed by atoms with Crippen LogP contribution in [0.1, 0.15) is 46.9 Å². The molecule has 0 unspecified atom stereocenters. The molecule has 1 saturated heterocycles. The molecule has 4 rings (SSSR count). The molecule has 1 aliphatic heterocycles. The molecule has 35 heavy (non-hydrogen) atoms. The Balaban J connectivity index is 1.71. The predicted molar refractivity (Wildman–Crippen MR) is 136 cm³/mol. The molecule has 2 amide bonds. The highest BCUT2D eigenvalue weighted by atomic mass is 35.5. The topological polar surface area (TPSA) is 107 Å². The molecule has 0 aliphatic carbocycles. The molecule has 3 N–H and O–H groups in total. The van der Waals surface area contributed by atoms with E-state index in [0.717, 1.165) is 16.8 Å². The minimum absolute atomic E-state index is 0.128. The van der Waals surface area contributed by atoms with E-state index in [-0.39, 0.29) is 35.1 Å². The Morgan fingerprint density at radius 3 is 2.51 bits per heavy atom. The molecule has 2 aromatic heterocycles. The zero-order valence-corrected chi connectivity index (χ0v) is 20.6. The monoisotopic (exact) mass is 493 g/mol. The first-order valence-corrected chi connectivity index (χ1v) is 11.8. The van der Waals surface area contributed by atoms with E-state index in [1.165, 1.54) is 19.3 Å². The molecule has 1 fully saturated rings. The van der Waals surface area contributed by atoms with E-state index in [2.05, 4.69) is 45.4 Å². The van der Waals surface area contributed by atoms with Crippen molar-refractivity contribution in [2.24, 2.45) is 0 Å². The van der Waals surface area contributed by atoms with E-state index in [1.54, 1.807) is 12.3 Å². The Hall–Kier alpha value is -3.49. The number of aromatic nitrogens is 2. The van der Waals surface area contributed by atoms with Crippen LogP contribution in [0.5, 0.6) is 0 Å². The van der Waals surface area contributed by atoms with Crippen molar-refractivity contribution < 1.29 is 14.7 Å². The highest BCUT2D eigenvalue weighted by Crippen LogP contribution is 2.42. The van der Waals surface area contributed by atoms with Gasteiger partial charge in [0.2, 0.25) is 5.91 Å². The van der Waals surface area contributed by atoms with Crippen molar-refractivity contribution in [2.75, 3.05) is 30.4 Å². The largest absolute Gasteiger partial charge is 0.390 e. The Morgan fingerprint density at radius 1 is 1.14 bits per heavy atom. The van der Waals surface area contributed by atoms with Gasteiger partial charge < -0.3 is 20.6 Å². The number of hydrogen-bond acceptors (Lipinski definition) is 6. The van der Waals surface area contributed by atoms with Crippen LogP contribution < -0.4 is 15.5 Å². The summed E-state index contributed by atoms with van der Waals surface area (Å²) in [6, 6.07) is 13.1. The average molecular weight is 494 g/mol. The summed E-state index contributed by atoms with van der Waals surface area (Å²) in [6.07, 6.45) is 3.11. The lowest BCUT2D eigenvalue weighted by molar-refractivity contribution is -0.122. The maximum absolute atomic E-state index is 13.9. The van der Waals surface area contributed by atoms with Crippen molar-refractivity contribution in [3.8, 4) is 0 Å². The van der Waals surface area contributed by atoms with Gasteiger partial charge in [-0.1, -0.05) is 49.7 Å². The molecule has 182 valence electrons. The average Bonchev–Trinajstić information content (AvgIpc) is 2.84. The summed E-state index contributed by atoms with van der Waals surface area (Å²) in [7, 11) is 1.52. The lowest BCUT2D eigenvalue weighted by Gasteiger charge is -2.51. The van der Waals surface area contributed by atoms with Gasteiger partial charge in [-0.2, -0.15) is 0 Å². The summed E-state index contributed by atoms with van der Waals surface area (Å²) in [4.78, 5) is 36.8. The lowest BCUT2D eigenvalue weighted by Crippen LogP contribution is -2.65. The summed E-state index contributed by atoms with van der Waals surface area (Å²) >= 11 is 6.01. The Morgan fingerprint density at radius 2 is 1.89 bits per heavy atom. The van der Waals surface area contributed by atoms with Gasteiger partial charge in [0.05, 0.1) is 41.6 Å². The van der Waals surface area contributed by atoms with Crippen LogP contribution in [0.3, 0.4) is 0 Å². The van der Waals surface area contributed by atoms with E-state index in [1.807, 2.05) is 24.3 Å². The molecule has 0 spiro atoms. The third-order valence-electron chi connectivity index (χ3n) is 6.38. The molecule has 8 nitrogen and oxygen atoms in total. The highest BCUT2D eigenvalue weighted by Gasteiger charge is 2.52. The number of nitrogens with one attached hydrogen (secondary N) is 2. The predicted octanol–water partition coefficient (Wildman–Crippen LogP) is 3.50. The van der Waals surface area contributed by atoms with Gasteiger partial charge in [-0.15, -0.1) is 0 Å². The number of carbonyl (C=O) groups excluding carboxylic acids is 2. The zero-order chi connectivity index (χ0) is 25.2. The second kappa shape index (κ2) is 10.0. The van der Waals surface area contributed by atoms with Crippen molar-refractivity contribution in [2.45, 2.75) is 31.8 Å². The standard InChI is InChI=1S/C26H28ClN5O3/c1-16(2)19-6-4-5-7-21(19)26(14-32(15-26)18-9-8-17(13-33)29-11-18)25(35)31-22-12-30-23(27)10-20(22)24(34)28-3/h4-12,16,33H,13-15H2,1-3H3,(H,28,34)(H,31,35). The highest BCUT2D eigenvalue weighted by molar-refractivity contribution is 6.30. The Kier molecular flexibility index (Phi) is 7.05. The molecule has 3 aromatic rings. The fraction of sp³-hybridized carbons (Fsp3) is 0.308. The number of rotatable bonds is 7. The van der Waals surface area contributed by atoms with Crippen LogP contribution in [0, 0.1) is 0 Å². The van der Waals surface area contributed by atoms with Crippen LogP contribution in [0.25, 0.3) is 0 Å². The van der Waals surface area contributed by atoms with Crippen LogP contribution in [0.4, 0.5) is 11.4 Å². The minimum Gasteiger partial charge on any atom is -0.390 e. The SMILES string of the molecule is CNC(=O)c1cc(Cl)ncc1NC(=O)C1(c2ccccc2C(C)C)CN(c2ccc(CO)nc2)C1. The third-order valence-corrected chi connectivity index (χ3v) is 6.59. The van der Waals surface area contributed by atoms with Crippen LogP contribution >= 0.6 is 11.6 Å². The summed E-state index contributed by atoms with van der Waals surface area (Å²) in [5.74, 6) is -0.378. The number of amides is 2. The number of nitrogens with zero attached hydrogens (tertiary/aromatic N) is 3. The second-order valence-corrected chi connectivity index (χ2v) is 9.32. The second-order valence-electron chi connectivity index (χ2n) is 8.93.